The smallest absolute Gasteiger partial charge is 0.338 e. The number of carbonyl (C=O) groups excluding carboxylic acids is 3. The molecule has 1 aromatic heterocycles. The molecule has 0 radical (unpaired) electrons. The van der Waals surface area contributed by atoms with E-state index in [-0.39, 0.29) is 13.2 Å². The maximum atomic E-state index is 13.6. The molecule has 42 heavy (non-hydrogen) atoms. The number of hydrogen-bond acceptors (Lipinski definition) is 7. The van der Waals surface area contributed by atoms with E-state index in [2.05, 4.69) is 0 Å². The third kappa shape index (κ3) is 5.74. The predicted octanol–water partition coefficient (Wildman–Crippen LogP) is 4.88. The fourth-order valence-electron chi connectivity index (χ4n) is 5.35. The number of amides is 1. The zero-order chi connectivity index (χ0) is 30.0. The molecule has 1 aliphatic rings. The first-order valence-electron chi connectivity index (χ1n) is 13.5. The van der Waals surface area contributed by atoms with Crippen LogP contribution in [0.15, 0.2) is 85.1 Å². The lowest BCUT2D eigenvalue weighted by molar-refractivity contribution is -0.481. The van der Waals surface area contributed by atoms with Gasteiger partial charge in [0.2, 0.25) is 6.54 Å². The van der Waals surface area contributed by atoms with Crippen molar-refractivity contribution >= 4 is 34.4 Å². The molecule has 0 unspecified atom stereocenters. The summed E-state index contributed by atoms with van der Waals surface area (Å²) >= 11 is 0. The Morgan fingerprint density at radius 2 is 1.69 bits per heavy atom. The van der Waals surface area contributed by atoms with Crippen molar-refractivity contribution in [3.8, 4) is 0 Å². The van der Waals surface area contributed by atoms with Crippen LogP contribution in [-0.2, 0) is 32.7 Å². The Hall–Kier alpha value is -4.99. The summed E-state index contributed by atoms with van der Waals surface area (Å²) in [6, 6.07) is 23.1. The fraction of sp³-hybridized carbons (Fsp3) is 0.281. The van der Waals surface area contributed by atoms with Crippen molar-refractivity contribution in [1.82, 2.24) is 4.57 Å². The van der Waals surface area contributed by atoms with E-state index >= 15 is 0 Å². The van der Waals surface area contributed by atoms with E-state index in [1.54, 1.807) is 68.1 Å². The van der Waals surface area contributed by atoms with Gasteiger partial charge in [0, 0.05) is 46.7 Å². The Morgan fingerprint density at radius 3 is 2.38 bits per heavy atom. The molecule has 5 rings (SSSR count). The number of nitro groups is 1. The molecular weight excluding hydrogens is 538 g/mol. The van der Waals surface area contributed by atoms with Gasteiger partial charge in [0.15, 0.2) is 6.10 Å². The highest BCUT2D eigenvalue weighted by Crippen LogP contribution is 2.38. The minimum atomic E-state index is -1.19. The first kappa shape index (κ1) is 28.5. The molecule has 0 saturated carbocycles. The van der Waals surface area contributed by atoms with Crippen LogP contribution in [0, 0.1) is 15.5 Å². The highest BCUT2D eigenvalue weighted by molar-refractivity contribution is 6.02. The minimum absolute atomic E-state index is 0.142. The molecule has 1 fully saturated rings. The number of carbonyl (C=O) groups is 3. The first-order valence-corrected chi connectivity index (χ1v) is 13.5. The normalized spacial score (nSPS) is 16.8. The largest absolute Gasteiger partial charge is 0.457 e. The molecule has 2 heterocycles. The summed E-state index contributed by atoms with van der Waals surface area (Å²) in [7, 11) is 1.80. The van der Waals surface area contributed by atoms with Gasteiger partial charge in [0.25, 0.3) is 5.91 Å². The third-order valence-electron chi connectivity index (χ3n) is 7.55. The van der Waals surface area contributed by atoms with Crippen molar-refractivity contribution in [2.75, 3.05) is 18.0 Å². The summed E-state index contributed by atoms with van der Waals surface area (Å²) in [6.07, 6.45) is 0.546. The summed E-state index contributed by atoms with van der Waals surface area (Å²) in [5, 5.41) is 12.3. The number of fused-ring (bicyclic) bond motifs is 1. The van der Waals surface area contributed by atoms with Gasteiger partial charge in [-0.3, -0.25) is 19.7 Å². The second kappa shape index (κ2) is 11.5. The standard InChI is InChI=1S/C32H31N3O7/c1-32(2)20-34(23-15-13-22(14-16-23)30(37)41-19-21-9-5-4-6-10-21)29(36)28(32)42-31(38)26(18-35(39)40)25-17-33(3)27-12-8-7-11-24(25)27/h4-17,26,28H,18-20H2,1-3H3/t26-,28+/m1/s1. The number of ether oxygens (including phenoxy) is 2. The summed E-state index contributed by atoms with van der Waals surface area (Å²) in [6.45, 7) is 3.33. The van der Waals surface area contributed by atoms with Gasteiger partial charge in [0.05, 0.1) is 5.56 Å². The molecule has 3 aromatic carbocycles. The van der Waals surface area contributed by atoms with Crippen molar-refractivity contribution in [2.45, 2.75) is 32.5 Å². The number of rotatable bonds is 9. The van der Waals surface area contributed by atoms with Crippen LogP contribution in [0.1, 0.15) is 41.3 Å². The van der Waals surface area contributed by atoms with E-state index in [9.17, 15) is 24.5 Å². The Bertz CT molecular complexity index is 1640. The highest BCUT2D eigenvalue weighted by atomic mass is 16.6. The van der Waals surface area contributed by atoms with Crippen LogP contribution < -0.4 is 4.90 Å². The van der Waals surface area contributed by atoms with E-state index < -0.39 is 46.8 Å². The molecular formula is C32H31N3O7. The minimum Gasteiger partial charge on any atom is -0.457 e. The van der Waals surface area contributed by atoms with Crippen molar-refractivity contribution in [3.05, 3.63) is 112 Å². The molecule has 1 saturated heterocycles. The van der Waals surface area contributed by atoms with Crippen LogP contribution in [0.2, 0.25) is 0 Å². The van der Waals surface area contributed by atoms with Crippen LogP contribution in [-0.4, -0.2) is 46.5 Å². The van der Waals surface area contributed by atoms with E-state index in [1.165, 1.54) is 4.90 Å². The molecule has 216 valence electrons. The van der Waals surface area contributed by atoms with Gasteiger partial charge in [-0.05, 0) is 41.5 Å². The average molecular weight is 570 g/mol. The van der Waals surface area contributed by atoms with Gasteiger partial charge in [-0.1, -0.05) is 62.4 Å². The first-order chi connectivity index (χ1) is 20.0. The van der Waals surface area contributed by atoms with Crippen LogP contribution >= 0.6 is 0 Å². The van der Waals surface area contributed by atoms with E-state index in [1.807, 2.05) is 42.5 Å². The van der Waals surface area contributed by atoms with Gasteiger partial charge in [0.1, 0.15) is 12.5 Å². The number of para-hydroxylation sites is 1. The summed E-state index contributed by atoms with van der Waals surface area (Å²) in [4.78, 5) is 52.1. The molecule has 0 bridgehead atoms. The summed E-state index contributed by atoms with van der Waals surface area (Å²) in [5.41, 5.74) is 2.25. The number of aryl methyl sites for hydroxylation is 1. The molecule has 10 nitrogen and oxygen atoms in total. The maximum Gasteiger partial charge on any atom is 0.338 e. The van der Waals surface area contributed by atoms with Gasteiger partial charge in [-0.15, -0.1) is 0 Å². The highest BCUT2D eigenvalue weighted by Gasteiger charge is 2.50. The van der Waals surface area contributed by atoms with Gasteiger partial charge >= 0.3 is 11.9 Å². The Morgan fingerprint density at radius 1 is 1.02 bits per heavy atom. The molecule has 0 N–H and O–H groups in total. The SMILES string of the molecule is Cn1cc([C@@H](C[N+](=O)[O-])C(=O)O[C@H]2C(=O)N(c3ccc(C(=O)OCc4ccccc4)cc3)CC2(C)C)c2ccccc21. The zero-order valence-corrected chi connectivity index (χ0v) is 23.6. The molecule has 0 aliphatic carbocycles. The topological polar surface area (TPSA) is 121 Å². The molecule has 1 aliphatic heterocycles. The number of nitrogens with zero attached hydrogens (tertiary/aromatic N) is 3. The second-order valence-electron chi connectivity index (χ2n) is 11.1. The lowest BCUT2D eigenvalue weighted by atomic mass is 9.89. The van der Waals surface area contributed by atoms with E-state index in [0.29, 0.717) is 22.2 Å². The fourth-order valence-corrected chi connectivity index (χ4v) is 5.35. The summed E-state index contributed by atoms with van der Waals surface area (Å²) < 4.78 is 13.0. The lowest BCUT2D eigenvalue weighted by Gasteiger charge is -2.24. The van der Waals surface area contributed by atoms with Crippen LogP contribution in [0.25, 0.3) is 10.9 Å². The average Bonchev–Trinajstić information content (AvgIpc) is 3.43. The van der Waals surface area contributed by atoms with Crippen molar-refractivity contribution < 1.29 is 28.8 Å². The molecule has 0 spiro atoms. The van der Waals surface area contributed by atoms with E-state index in [0.717, 1.165) is 11.1 Å². The van der Waals surface area contributed by atoms with Gasteiger partial charge in [-0.2, -0.15) is 0 Å². The van der Waals surface area contributed by atoms with Crippen LogP contribution in [0.5, 0.6) is 0 Å². The van der Waals surface area contributed by atoms with Gasteiger partial charge in [-0.25, -0.2) is 4.79 Å². The monoisotopic (exact) mass is 569 g/mol. The van der Waals surface area contributed by atoms with Crippen LogP contribution in [0.3, 0.4) is 0 Å². The predicted molar refractivity (Wildman–Crippen MR) is 156 cm³/mol. The Labute approximate surface area is 242 Å². The van der Waals surface area contributed by atoms with E-state index in [4.69, 9.17) is 9.47 Å². The Kier molecular flexibility index (Phi) is 7.80. The number of anilines is 1. The van der Waals surface area contributed by atoms with Gasteiger partial charge < -0.3 is 18.9 Å². The quantitative estimate of drug-likeness (QED) is 0.160. The molecule has 2 atom stereocenters. The molecule has 10 heteroatoms. The third-order valence-corrected chi connectivity index (χ3v) is 7.55. The molecule has 1 amide bonds. The van der Waals surface area contributed by atoms with Crippen molar-refractivity contribution in [3.63, 3.8) is 0 Å². The zero-order valence-electron chi connectivity index (χ0n) is 23.6. The van der Waals surface area contributed by atoms with Crippen molar-refractivity contribution in [2.24, 2.45) is 12.5 Å². The van der Waals surface area contributed by atoms with Crippen molar-refractivity contribution in [1.29, 1.82) is 0 Å². The van der Waals surface area contributed by atoms with Crippen LogP contribution in [0.4, 0.5) is 5.69 Å². The number of benzene rings is 3. The number of hydrogen-bond donors (Lipinski definition) is 0. The summed E-state index contributed by atoms with van der Waals surface area (Å²) in [5.74, 6) is -2.95. The lowest BCUT2D eigenvalue weighted by Crippen LogP contribution is -2.38. The Balaban J connectivity index is 1.31. The number of aromatic nitrogens is 1. The number of esters is 2. The maximum absolute atomic E-state index is 13.6. The second-order valence-corrected chi connectivity index (χ2v) is 11.1. The molecule has 4 aromatic rings.